The van der Waals surface area contributed by atoms with Gasteiger partial charge in [0.25, 0.3) is 0 Å². The maximum Gasteiger partial charge on any atom is 0.245 e. The fraction of sp³-hybridized carbons (Fsp3) is 0.571. The van der Waals surface area contributed by atoms with Crippen LogP contribution in [-0.4, -0.2) is 83.8 Å². The van der Waals surface area contributed by atoms with Crippen LogP contribution in [0.4, 0.5) is 0 Å². The molecule has 0 aliphatic carbocycles. The lowest BCUT2D eigenvalue weighted by molar-refractivity contribution is -0.140. The van der Waals surface area contributed by atoms with Crippen molar-refractivity contribution < 1.29 is 19.5 Å². The summed E-state index contributed by atoms with van der Waals surface area (Å²) < 4.78 is 0.911. The van der Waals surface area contributed by atoms with Gasteiger partial charge in [-0.2, -0.15) is 0 Å². The number of aliphatic hydroxyl groups excluding tert-OH is 1. The third kappa shape index (κ3) is 3.36. The summed E-state index contributed by atoms with van der Waals surface area (Å²) in [5, 5.41) is 23.2. The van der Waals surface area contributed by atoms with E-state index in [0.717, 1.165) is 11.0 Å². The molecular weight excluding hydrogens is 512 g/mol. The second-order valence-corrected chi connectivity index (χ2v) is 11.4. The molecule has 12 heteroatoms. The Labute approximate surface area is 202 Å². The number of benzene rings is 1. The van der Waals surface area contributed by atoms with Gasteiger partial charge in [-0.15, -0.1) is 16.9 Å². The summed E-state index contributed by atoms with van der Waals surface area (Å²) in [5.41, 5.74) is 1.52. The lowest BCUT2D eigenvalue weighted by atomic mass is 9.70. The third-order valence-electron chi connectivity index (χ3n) is 6.97. The quantitative estimate of drug-likeness (QED) is 0.428. The number of para-hydroxylation sites is 1. The molecule has 1 spiro atoms. The van der Waals surface area contributed by atoms with Crippen molar-refractivity contribution in [3.05, 3.63) is 24.3 Å². The van der Waals surface area contributed by atoms with Crippen LogP contribution in [0.2, 0.25) is 0 Å². The minimum Gasteiger partial charge on any atom is -0.396 e. The maximum atomic E-state index is 13.6. The van der Waals surface area contributed by atoms with Gasteiger partial charge in [-0.05, 0) is 25.0 Å². The highest BCUT2D eigenvalue weighted by Gasteiger charge is 2.75. The Morgan fingerprint density at radius 2 is 2.12 bits per heavy atom. The highest BCUT2D eigenvalue weighted by atomic mass is 79.9. The lowest BCUT2D eigenvalue weighted by Gasteiger charge is -2.35. The number of nitrogens with one attached hydrogen (secondary N) is 2. The second kappa shape index (κ2) is 8.55. The first-order valence-electron chi connectivity index (χ1n) is 10.9. The SMILES string of the molecule is CNC(=O)[C@H]1[C@H]2C(=O)N(CCCO)C(C(=O)NCn3nnc4ccccc43)C23CC(Br)[C@@H]1S3. The number of thioether (sulfide) groups is 1. The van der Waals surface area contributed by atoms with Crippen LogP contribution in [0, 0.1) is 11.8 Å². The second-order valence-electron chi connectivity index (χ2n) is 8.66. The van der Waals surface area contributed by atoms with Gasteiger partial charge in [-0.3, -0.25) is 14.4 Å². The van der Waals surface area contributed by atoms with Gasteiger partial charge in [-0.25, -0.2) is 4.68 Å². The molecule has 3 unspecified atom stereocenters. The van der Waals surface area contributed by atoms with E-state index in [0.29, 0.717) is 12.8 Å². The van der Waals surface area contributed by atoms with E-state index in [1.54, 1.807) is 28.4 Å². The predicted molar refractivity (Wildman–Crippen MR) is 125 cm³/mol. The number of likely N-dealkylation sites (tertiary alicyclic amines) is 1. The fourth-order valence-corrected chi connectivity index (χ4v) is 9.27. The topological polar surface area (TPSA) is 129 Å². The summed E-state index contributed by atoms with van der Waals surface area (Å²) in [7, 11) is 1.57. The number of aliphatic hydroxyl groups is 1. The van der Waals surface area contributed by atoms with E-state index in [1.165, 1.54) is 0 Å². The van der Waals surface area contributed by atoms with E-state index < -0.39 is 22.6 Å². The molecule has 4 heterocycles. The van der Waals surface area contributed by atoms with Gasteiger partial charge in [-0.1, -0.05) is 33.3 Å². The third-order valence-corrected chi connectivity index (χ3v) is 10.2. The molecule has 3 fully saturated rings. The van der Waals surface area contributed by atoms with Crippen LogP contribution in [0.1, 0.15) is 12.8 Å². The van der Waals surface area contributed by atoms with Gasteiger partial charge in [0.05, 0.1) is 22.1 Å². The molecule has 0 radical (unpaired) electrons. The van der Waals surface area contributed by atoms with Crippen LogP contribution in [0.5, 0.6) is 0 Å². The highest BCUT2D eigenvalue weighted by molar-refractivity contribution is 9.09. The maximum absolute atomic E-state index is 13.6. The molecule has 2 bridgehead atoms. The number of aromatic nitrogens is 3. The van der Waals surface area contributed by atoms with E-state index in [1.807, 2.05) is 24.3 Å². The summed E-state index contributed by atoms with van der Waals surface area (Å²) in [6.45, 7) is 0.288. The van der Waals surface area contributed by atoms with Crippen molar-refractivity contribution in [1.29, 1.82) is 0 Å². The molecule has 33 heavy (non-hydrogen) atoms. The molecule has 5 rings (SSSR count). The number of alkyl halides is 1. The molecule has 3 amide bonds. The minimum absolute atomic E-state index is 0.0289. The first kappa shape index (κ1) is 22.6. The number of hydrogen-bond acceptors (Lipinski definition) is 7. The van der Waals surface area contributed by atoms with E-state index >= 15 is 0 Å². The zero-order valence-corrected chi connectivity index (χ0v) is 20.4. The number of hydrogen-bond donors (Lipinski definition) is 3. The van der Waals surface area contributed by atoms with Crippen LogP contribution in [0.15, 0.2) is 24.3 Å². The van der Waals surface area contributed by atoms with Crippen LogP contribution < -0.4 is 10.6 Å². The molecule has 10 nitrogen and oxygen atoms in total. The lowest BCUT2D eigenvalue weighted by Crippen LogP contribution is -2.55. The predicted octanol–water partition coefficient (Wildman–Crippen LogP) is 0.0980. The van der Waals surface area contributed by atoms with Gasteiger partial charge in [0, 0.05) is 30.3 Å². The van der Waals surface area contributed by atoms with Crippen LogP contribution in [0.3, 0.4) is 0 Å². The highest BCUT2D eigenvalue weighted by Crippen LogP contribution is 2.67. The Morgan fingerprint density at radius 3 is 2.88 bits per heavy atom. The molecule has 176 valence electrons. The van der Waals surface area contributed by atoms with Gasteiger partial charge in [0.1, 0.15) is 18.2 Å². The van der Waals surface area contributed by atoms with Crippen LogP contribution >= 0.6 is 27.7 Å². The van der Waals surface area contributed by atoms with Crippen molar-refractivity contribution in [2.75, 3.05) is 20.2 Å². The van der Waals surface area contributed by atoms with Gasteiger partial charge < -0.3 is 20.6 Å². The molecule has 3 N–H and O–H groups in total. The Balaban J connectivity index is 1.45. The van der Waals surface area contributed by atoms with Crippen molar-refractivity contribution in [2.45, 2.75) is 40.4 Å². The van der Waals surface area contributed by atoms with Crippen molar-refractivity contribution >= 4 is 56.4 Å². The summed E-state index contributed by atoms with van der Waals surface area (Å²) in [5.74, 6) is -1.71. The molecule has 0 saturated carbocycles. The molecule has 1 aromatic heterocycles. The average molecular weight is 537 g/mol. The van der Waals surface area contributed by atoms with E-state index in [4.69, 9.17) is 0 Å². The summed E-state index contributed by atoms with van der Waals surface area (Å²) in [4.78, 5) is 41.5. The molecule has 2 aromatic rings. The van der Waals surface area contributed by atoms with E-state index in [9.17, 15) is 19.5 Å². The van der Waals surface area contributed by atoms with Crippen molar-refractivity contribution in [3.63, 3.8) is 0 Å². The van der Waals surface area contributed by atoms with Gasteiger partial charge in [0.2, 0.25) is 17.7 Å². The number of rotatable bonds is 7. The normalized spacial score (nSPS) is 32.4. The Morgan fingerprint density at radius 1 is 1.33 bits per heavy atom. The number of nitrogens with zero attached hydrogens (tertiary/aromatic N) is 4. The Hall–Kier alpha value is -2.18. The summed E-state index contributed by atoms with van der Waals surface area (Å²) in [6.07, 6.45) is 0.981. The molecule has 3 saturated heterocycles. The van der Waals surface area contributed by atoms with Crippen molar-refractivity contribution in [1.82, 2.24) is 30.5 Å². The largest absolute Gasteiger partial charge is 0.396 e. The molecule has 3 aliphatic heterocycles. The molecule has 1 aromatic carbocycles. The van der Waals surface area contributed by atoms with Gasteiger partial charge in [0.15, 0.2) is 0 Å². The number of carbonyl (C=O) groups excluding carboxylic acids is 3. The zero-order chi connectivity index (χ0) is 23.3. The van der Waals surface area contributed by atoms with E-state index in [2.05, 4.69) is 36.9 Å². The minimum atomic E-state index is -0.735. The smallest absolute Gasteiger partial charge is 0.245 e. The standard InChI is InChI=1S/C21H25BrN6O4S/c1-23-18(30)14-15-20(32)27(7-4-8-29)17(21(15)9-11(22)16(14)33-21)19(31)24-10-28-13-6-3-2-5-12(13)25-26-28/h2-3,5-6,11,14-17,29H,4,7-10H2,1H3,(H,23,30)(H,24,31)/t11?,14-,15-,16-,17?,21?/m0/s1. The zero-order valence-electron chi connectivity index (χ0n) is 18.0. The molecule has 6 atom stereocenters. The van der Waals surface area contributed by atoms with Crippen LogP contribution in [-0.2, 0) is 21.1 Å². The Bertz CT molecular complexity index is 1110. The number of carbonyl (C=O) groups is 3. The first-order chi connectivity index (χ1) is 15.9. The number of amides is 3. The first-order valence-corrected chi connectivity index (χ1v) is 12.7. The number of halogens is 1. The monoisotopic (exact) mass is 536 g/mol. The summed E-state index contributed by atoms with van der Waals surface area (Å²) >= 11 is 5.29. The summed E-state index contributed by atoms with van der Waals surface area (Å²) in [6, 6.07) is 6.74. The Kier molecular flexibility index (Phi) is 5.86. The molecular formula is C21H25BrN6O4S. The number of fused-ring (bicyclic) bond motifs is 2. The van der Waals surface area contributed by atoms with Gasteiger partial charge >= 0.3 is 0 Å². The van der Waals surface area contributed by atoms with Crippen LogP contribution in [0.25, 0.3) is 11.0 Å². The van der Waals surface area contributed by atoms with Crippen molar-refractivity contribution in [3.8, 4) is 0 Å². The average Bonchev–Trinajstić information content (AvgIpc) is 3.53. The fourth-order valence-electron chi connectivity index (χ4n) is 5.66. The molecule has 3 aliphatic rings. The van der Waals surface area contributed by atoms with Crippen molar-refractivity contribution in [2.24, 2.45) is 11.8 Å². The van der Waals surface area contributed by atoms with E-state index in [-0.39, 0.29) is 47.6 Å².